The summed E-state index contributed by atoms with van der Waals surface area (Å²) in [6, 6.07) is 8.08. The van der Waals surface area contributed by atoms with Gasteiger partial charge in [-0.1, -0.05) is 12.1 Å². The number of benzene rings is 1. The van der Waals surface area contributed by atoms with Gasteiger partial charge in [-0.3, -0.25) is 0 Å². The maximum absolute atomic E-state index is 5.74. The zero-order valence-electron chi connectivity index (χ0n) is 10.5. The maximum Gasteiger partial charge on any atom is 0.0779 e. The van der Waals surface area contributed by atoms with Crippen LogP contribution in [0.2, 0.25) is 0 Å². The highest BCUT2D eigenvalue weighted by Gasteiger charge is 2.28. The van der Waals surface area contributed by atoms with Gasteiger partial charge in [-0.25, -0.2) is 0 Å². The van der Waals surface area contributed by atoms with Crippen LogP contribution in [0.15, 0.2) is 24.3 Å². The van der Waals surface area contributed by atoms with Gasteiger partial charge in [0.2, 0.25) is 0 Å². The van der Waals surface area contributed by atoms with Gasteiger partial charge in [-0.05, 0) is 50.4 Å². The molecule has 0 amide bonds. The van der Waals surface area contributed by atoms with Crippen LogP contribution in [0.4, 0.5) is 5.69 Å². The zero-order valence-corrected chi connectivity index (χ0v) is 10.5. The van der Waals surface area contributed by atoms with Crippen molar-refractivity contribution >= 4 is 5.69 Å². The van der Waals surface area contributed by atoms with Gasteiger partial charge < -0.3 is 15.8 Å². The summed E-state index contributed by atoms with van der Waals surface area (Å²) in [6.07, 6.45) is 3.37. The van der Waals surface area contributed by atoms with E-state index < -0.39 is 0 Å². The van der Waals surface area contributed by atoms with Crippen molar-refractivity contribution in [2.45, 2.75) is 31.8 Å². The molecule has 94 valence electrons. The molecule has 17 heavy (non-hydrogen) atoms. The molecule has 1 heterocycles. The van der Waals surface area contributed by atoms with E-state index in [1.807, 2.05) is 18.2 Å². The molecule has 1 atom stereocenters. The SMILES string of the molecule is CC1(CNCCc2cccc(N)c2)CCCO1. The molecule has 1 unspecified atom stereocenters. The van der Waals surface area contributed by atoms with Crippen LogP contribution in [0.5, 0.6) is 0 Å². The molecule has 0 aromatic heterocycles. The highest BCUT2D eigenvalue weighted by molar-refractivity contribution is 5.40. The molecule has 1 saturated heterocycles. The lowest BCUT2D eigenvalue weighted by molar-refractivity contribution is 0.0211. The van der Waals surface area contributed by atoms with Crippen molar-refractivity contribution in [2.24, 2.45) is 0 Å². The van der Waals surface area contributed by atoms with Crippen molar-refractivity contribution < 1.29 is 4.74 Å². The average molecular weight is 234 g/mol. The lowest BCUT2D eigenvalue weighted by atomic mass is 10.0. The summed E-state index contributed by atoms with van der Waals surface area (Å²) in [6.45, 7) is 5.01. The average Bonchev–Trinajstić information content (AvgIpc) is 2.72. The van der Waals surface area contributed by atoms with Crippen LogP contribution >= 0.6 is 0 Å². The van der Waals surface area contributed by atoms with E-state index in [9.17, 15) is 0 Å². The molecule has 0 spiro atoms. The summed E-state index contributed by atoms with van der Waals surface area (Å²) in [5.74, 6) is 0. The number of hydrogen-bond acceptors (Lipinski definition) is 3. The predicted molar refractivity (Wildman–Crippen MR) is 71.0 cm³/mol. The summed E-state index contributed by atoms with van der Waals surface area (Å²) >= 11 is 0. The Hall–Kier alpha value is -1.06. The Morgan fingerprint density at radius 2 is 2.35 bits per heavy atom. The van der Waals surface area contributed by atoms with E-state index in [2.05, 4.69) is 18.3 Å². The van der Waals surface area contributed by atoms with Crippen LogP contribution in [-0.4, -0.2) is 25.3 Å². The fourth-order valence-electron chi connectivity index (χ4n) is 2.31. The fraction of sp³-hybridized carbons (Fsp3) is 0.571. The molecule has 0 radical (unpaired) electrons. The van der Waals surface area contributed by atoms with E-state index in [1.54, 1.807) is 0 Å². The number of nitrogens with two attached hydrogens (primary N) is 1. The Balaban J connectivity index is 1.69. The molecule has 0 aliphatic carbocycles. The minimum atomic E-state index is 0.0513. The Bertz CT molecular complexity index is 359. The molecule has 1 aromatic rings. The highest BCUT2D eigenvalue weighted by atomic mass is 16.5. The smallest absolute Gasteiger partial charge is 0.0779 e. The molecule has 1 aromatic carbocycles. The van der Waals surface area contributed by atoms with Crippen molar-refractivity contribution in [3.63, 3.8) is 0 Å². The van der Waals surface area contributed by atoms with E-state index in [0.717, 1.165) is 38.2 Å². The Kier molecular flexibility index (Phi) is 4.02. The molecule has 0 bridgehead atoms. The first-order valence-electron chi connectivity index (χ1n) is 6.37. The van der Waals surface area contributed by atoms with E-state index >= 15 is 0 Å². The van der Waals surface area contributed by atoms with Gasteiger partial charge in [0.25, 0.3) is 0 Å². The quantitative estimate of drug-likeness (QED) is 0.605. The monoisotopic (exact) mass is 234 g/mol. The minimum absolute atomic E-state index is 0.0513. The number of nitrogen functional groups attached to an aromatic ring is 1. The van der Waals surface area contributed by atoms with E-state index in [-0.39, 0.29) is 5.60 Å². The molecule has 3 heteroatoms. The highest BCUT2D eigenvalue weighted by Crippen LogP contribution is 2.23. The molecule has 2 rings (SSSR count). The van der Waals surface area contributed by atoms with Gasteiger partial charge in [0.05, 0.1) is 5.60 Å². The molecular formula is C14H22N2O. The van der Waals surface area contributed by atoms with Gasteiger partial charge in [0.1, 0.15) is 0 Å². The topological polar surface area (TPSA) is 47.3 Å². The second-order valence-corrected chi connectivity index (χ2v) is 5.07. The van der Waals surface area contributed by atoms with E-state index in [1.165, 1.54) is 12.0 Å². The van der Waals surface area contributed by atoms with Crippen LogP contribution in [-0.2, 0) is 11.2 Å². The second kappa shape index (κ2) is 5.52. The molecule has 3 N–H and O–H groups in total. The predicted octanol–water partition coefficient (Wildman–Crippen LogP) is 1.97. The van der Waals surface area contributed by atoms with Crippen LogP contribution in [0.3, 0.4) is 0 Å². The summed E-state index contributed by atoms with van der Waals surface area (Å²) in [5.41, 5.74) is 7.92. The van der Waals surface area contributed by atoms with Gasteiger partial charge in [-0.2, -0.15) is 0 Å². The first-order valence-corrected chi connectivity index (χ1v) is 6.37. The largest absolute Gasteiger partial charge is 0.399 e. The molecule has 0 saturated carbocycles. The maximum atomic E-state index is 5.74. The third kappa shape index (κ3) is 3.72. The lowest BCUT2D eigenvalue weighted by Crippen LogP contribution is -2.37. The fourth-order valence-corrected chi connectivity index (χ4v) is 2.31. The van der Waals surface area contributed by atoms with Gasteiger partial charge in [0, 0.05) is 18.8 Å². The number of nitrogens with one attached hydrogen (secondary N) is 1. The van der Waals surface area contributed by atoms with Crippen molar-refractivity contribution in [3.8, 4) is 0 Å². The Morgan fingerprint density at radius 3 is 3.06 bits per heavy atom. The van der Waals surface area contributed by atoms with Crippen molar-refractivity contribution in [3.05, 3.63) is 29.8 Å². The number of anilines is 1. The first-order chi connectivity index (χ1) is 8.18. The molecule has 1 fully saturated rings. The summed E-state index contributed by atoms with van der Waals surface area (Å²) in [5, 5.41) is 3.47. The van der Waals surface area contributed by atoms with Crippen LogP contribution in [0.25, 0.3) is 0 Å². The normalized spacial score (nSPS) is 24.1. The van der Waals surface area contributed by atoms with Crippen LogP contribution in [0, 0.1) is 0 Å². The zero-order chi connectivity index (χ0) is 12.1. The Morgan fingerprint density at radius 1 is 1.47 bits per heavy atom. The molecule has 1 aliphatic rings. The standard InChI is InChI=1S/C14H22N2O/c1-14(7-3-9-17-14)11-16-8-6-12-4-2-5-13(15)10-12/h2,4-5,10,16H,3,6-9,11,15H2,1H3. The van der Waals surface area contributed by atoms with Crippen molar-refractivity contribution in [1.29, 1.82) is 0 Å². The van der Waals surface area contributed by atoms with Crippen molar-refractivity contribution in [2.75, 3.05) is 25.4 Å². The van der Waals surface area contributed by atoms with Gasteiger partial charge in [0.15, 0.2) is 0 Å². The third-order valence-electron chi connectivity index (χ3n) is 3.34. The number of hydrogen-bond donors (Lipinski definition) is 2. The van der Waals surface area contributed by atoms with E-state index in [4.69, 9.17) is 10.5 Å². The van der Waals surface area contributed by atoms with Crippen LogP contribution < -0.4 is 11.1 Å². The lowest BCUT2D eigenvalue weighted by Gasteiger charge is -2.23. The molecular weight excluding hydrogens is 212 g/mol. The van der Waals surface area contributed by atoms with E-state index in [0.29, 0.717) is 0 Å². The summed E-state index contributed by atoms with van der Waals surface area (Å²) in [7, 11) is 0. The third-order valence-corrected chi connectivity index (χ3v) is 3.34. The number of rotatable bonds is 5. The van der Waals surface area contributed by atoms with Crippen LogP contribution in [0.1, 0.15) is 25.3 Å². The number of ether oxygens (including phenoxy) is 1. The summed E-state index contributed by atoms with van der Waals surface area (Å²) < 4.78 is 5.73. The first kappa shape index (κ1) is 12.4. The summed E-state index contributed by atoms with van der Waals surface area (Å²) in [4.78, 5) is 0. The minimum Gasteiger partial charge on any atom is -0.399 e. The second-order valence-electron chi connectivity index (χ2n) is 5.07. The molecule has 1 aliphatic heterocycles. The Labute approximate surface area is 103 Å². The van der Waals surface area contributed by atoms with Crippen molar-refractivity contribution in [1.82, 2.24) is 5.32 Å². The van der Waals surface area contributed by atoms with Gasteiger partial charge in [-0.15, -0.1) is 0 Å². The molecule has 3 nitrogen and oxygen atoms in total. The van der Waals surface area contributed by atoms with Gasteiger partial charge >= 0.3 is 0 Å².